The molecule has 30 heavy (non-hydrogen) atoms. The molecule has 0 spiro atoms. The Balaban J connectivity index is 1.59. The zero-order chi connectivity index (χ0) is 21.5. The van der Waals surface area contributed by atoms with Gasteiger partial charge >= 0.3 is 0 Å². The molecular formula is C22H21FIN3O3. The van der Waals surface area contributed by atoms with Gasteiger partial charge in [0.25, 0.3) is 0 Å². The van der Waals surface area contributed by atoms with Crippen molar-refractivity contribution in [3.05, 3.63) is 63.2 Å². The topological polar surface area (TPSA) is 90.3 Å². The Labute approximate surface area is 187 Å². The summed E-state index contributed by atoms with van der Waals surface area (Å²) in [4.78, 5) is 3.17. The Morgan fingerprint density at radius 3 is 2.90 bits per heavy atom. The van der Waals surface area contributed by atoms with Crippen LogP contribution in [0.4, 0.5) is 4.39 Å². The first-order chi connectivity index (χ1) is 14.5. The average Bonchev–Trinajstić information content (AvgIpc) is 3.13. The van der Waals surface area contributed by atoms with Crippen molar-refractivity contribution >= 4 is 39.6 Å². The number of hydrogen-bond acceptors (Lipinski definition) is 5. The summed E-state index contributed by atoms with van der Waals surface area (Å²) < 4.78 is 25.3. The summed E-state index contributed by atoms with van der Waals surface area (Å²) in [5, 5.41) is 23.0. The molecule has 0 aliphatic rings. The average molecular weight is 521 g/mol. The molecule has 0 radical (unpaired) electrons. The number of nitriles is 1. The second-order valence-electron chi connectivity index (χ2n) is 6.59. The summed E-state index contributed by atoms with van der Waals surface area (Å²) in [5.74, 6) is 0.322. The van der Waals surface area contributed by atoms with Crippen LogP contribution in [0.1, 0.15) is 12.5 Å². The number of nitrogens with one attached hydrogen (secondary N) is 2. The van der Waals surface area contributed by atoms with E-state index < -0.39 is 11.9 Å². The molecule has 3 aromatic rings. The monoisotopic (exact) mass is 521 g/mol. The highest BCUT2D eigenvalue weighted by Gasteiger charge is 2.12. The van der Waals surface area contributed by atoms with Crippen LogP contribution in [0.15, 0.2) is 48.3 Å². The number of ether oxygens (including phenoxy) is 2. The van der Waals surface area contributed by atoms with Gasteiger partial charge in [0.15, 0.2) is 18.2 Å². The number of aromatic nitrogens is 1. The van der Waals surface area contributed by atoms with Crippen molar-refractivity contribution in [2.24, 2.45) is 0 Å². The van der Waals surface area contributed by atoms with E-state index in [0.29, 0.717) is 9.32 Å². The van der Waals surface area contributed by atoms with Gasteiger partial charge in [-0.3, -0.25) is 0 Å². The predicted molar refractivity (Wildman–Crippen MR) is 122 cm³/mol. The van der Waals surface area contributed by atoms with Crippen LogP contribution in [0, 0.1) is 20.7 Å². The SMILES string of the molecule is C/C(=C\c1c[nH]c2c(OCC#N)cccc12)NC[C@H](O)COc1c(F)cccc1I. The third-order valence-corrected chi connectivity index (χ3v) is 5.18. The van der Waals surface area contributed by atoms with Gasteiger partial charge in [-0.1, -0.05) is 18.2 Å². The molecule has 0 unspecified atom stereocenters. The number of H-pyrrole nitrogens is 1. The van der Waals surface area contributed by atoms with Crippen LogP contribution in [-0.2, 0) is 0 Å². The van der Waals surface area contributed by atoms with Crippen LogP contribution < -0.4 is 14.8 Å². The molecular weight excluding hydrogens is 500 g/mol. The van der Waals surface area contributed by atoms with Crippen molar-refractivity contribution in [2.75, 3.05) is 19.8 Å². The van der Waals surface area contributed by atoms with E-state index in [9.17, 15) is 9.50 Å². The van der Waals surface area contributed by atoms with Gasteiger partial charge in [0.2, 0.25) is 0 Å². The van der Waals surface area contributed by atoms with E-state index in [1.54, 1.807) is 12.1 Å². The lowest BCUT2D eigenvalue weighted by Gasteiger charge is -2.15. The summed E-state index contributed by atoms with van der Waals surface area (Å²) >= 11 is 1.99. The van der Waals surface area contributed by atoms with E-state index in [0.717, 1.165) is 22.2 Å². The van der Waals surface area contributed by atoms with Crippen molar-refractivity contribution in [3.63, 3.8) is 0 Å². The number of aliphatic hydroxyl groups is 1. The molecule has 1 heterocycles. The van der Waals surface area contributed by atoms with Gasteiger partial charge in [-0.05, 0) is 53.8 Å². The number of allylic oxidation sites excluding steroid dienone is 1. The minimum atomic E-state index is -0.808. The largest absolute Gasteiger partial charge is 0.487 e. The van der Waals surface area contributed by atoms with E-state index in [4.69, 9.17) is 14.7 Å². The lowest BCUT2D eigenvalue weighted by molar-refractivity contribution is 0.106. The molecule has 1 atom stereocenters. The van der Waals surface area contributed by atoms with Gasteiger partial charge in [-0.15, -0.1) is 0 Å². The van der Waals surface area contributed by atoms with E-state index in [1.165, 1.54) is 6.07 Å². The van der Waals surface area contributed by atoms with E-state index >= 15 is 0 Å². The molecule has 0 amide bonds. The molecule has 0 aliphatic heterocycles. The van der Waals surface area contributed by atoms with Gasteiger partial charge in [0, 0.05) is 29.4 Å². The van der Waals surface area contributed by atoms with Crippen molar-refractivity contribution < 1.29 is 19.0 Å². The second-order valence-corrected chi connectivity index (χ2v) is 7.76. The van der Waals surface area contributed by atoms with Crippen LogP contribution in [0.5, 0.6) is 11.5 Å². The third-order valence-electron chi connectivity index (χ3n) is 4.33. The summed E-state index contributed by atoms with van der Waals surface area (Å²) in [6.45, 7) is 2.11. The number of rotatable bonds is 9. The fourth-order valence-corrected chi connectivity index (χ4v) is 3.54. The highest BCUT2D eigenvalue weighted by Crippen LogP contribution is 2.28. The van der Waals surface area contributed by atoms with Crippen molar-refractivity contribution in [1.29, 1.82) is 5.26 Å². The van der Waals surface area contributed by atoms with Crippen LogP contribution in [0.2, 0.25) is 0 Å². The van der Waals surface area contributed by atoms with Crippen molar-refractivity contribution in [2.45, 2.75) is 13.0 Å². The van der Waals surface area contributed by atoms with E-state index in [-0.39, 0.29) is 25.5 Å². The molecule has 6 nitrogen and oxygen atoms in total. The minimum absolute atomic E-state index is 0.0181. The molecule has 0 aliphatic carbocycles. The molecule has 3 rings (SSSR count). The molecule has 0 saturated carbocycles. The first-order valence-corrected chi connectivity index (χ1v) is 10.3. The van der Waals surface area contributed by atoms with Gasteiger partial charge in [-0.25, -0.2) is 4.39 Å². The molecule has 8 heteroatoms. The van der Waals surface area contributed by atoms with E-state index in [2.05, 4.69) is 10.3 Å². The van der Waals surface area contributed by atoms with Gasteiger partial charge in [0.1, 0.15) is 24.5 Å². The Kier molecular flexibility index (Phi) is 7.54. The number of halogens is 2. The smallest absolute Gasteiger partial charge is 0.174 e. The third kappa shape index (κ3) is 5.43. The number of aromatic amines is 1. The molecule has 0 bridgehead atoms. The maximum atomic E-state index is 13.8. The van der Waals surface area contributed by atoms with Gasteiger partial charge < -0.3 is 24.9 Å². The zero-order valence-electron chi connectivity index (χ0n) is 16.3. The Morgan fingerprint density at radius 1 is 1.33 bits per heavy atom. The van der Waals surface area contributed by atoms with Crippen LogP contribution in [-0.4, -0.2) is 36.0 Å². The first-order valence-electron chi connectivity index (χ1n) is 9.26. The number of para-hydroxylation sites is 2. The molecule has 3 N–H and O–H groups in total. The Morgan fingerprint density at radius 2 is 2.13 bits per heavy atom. The fourth-order valence-electron chi connectivity index (χ4n) is 2.92. The van der Waals surface area contributed by atoms with Crippen molar-refractivity contribution in [3.8, 4) is 17.6 Å². The van der Waals surface area contributed by atoms with Gasteiger partial charge in [0.05, 0.1) is 9.09 Å². The maximum Gasteiger partial charge on any atom is 0.174 e. The number of hydrogen-bond donors (Lipinski definition) is 3. The molecule has 0 saturated heterocycles. The molecule has 2 aromatic carbocycles. The maximum absolute atomic E-state index is 13.8. The first kappa shape index (κ1) is 21.9. The number of fused-ring (bicyclic) bond motifs is 1. The predicted octanol–water partition coefficient (Wildman–Crippen LogP) is 4.20. The van der Waals surface area contributed by atoms with Crippen LogP contribution >= 0.6 is 22.6 Å². The Hall–Kier alpha value is -2.77. The highest BCUT2D eigenvalue weighted by atomic mass is 127. The number of nitrogens with zero attached hydrogens (tertiary/aromatic N) is 1. The zero-order valence-corrected chi connectivity index (χ0v) is 18.4. The quantitative estimate of drug-likeness (QED) is 0.368. The Bertz CT molecular complexity index is 1070. The number of benzene rings is 2. The highest BCUT2D eigenvalue weighted by molar-refractivity contribution is 14.1. The lowest BCUT2D eigenvalue weighted by Crippen LogP contribution is -2.30. The summed E-state index contributed by atoms with van der Waals surface area (Å²) in [5.41, 5.74) is 2.61. The van der Waals surface area contributed by atoms with Crippen molar-refractivity contribution in [1.82, 2.24) is 10.3 Å². The van der Waals surface area contributed by atoms with Crippen LogP contribution in [0.25, 0.3) is 17.0 Å². The summed E-state index contributed by atoms with van der Waals surface area (Å²) in [7, 11) is 0. The van der Waals surface area contributed by atoms with Gasteiger partial charge in [-0.2, -0.15) is 5.26 Å². The number of aliphatic hydroxyl groups excluding tert-OH is 1. The van der Waals surface area contributed by atoms with Crippen LogP contribution in [0.3, 0.4) is 0 Å². The standard InChI is InChI=1S/C22H21FIN3O3/c1-14(26-12-16(28)13-30-22-18(23)5-3-6-19(22)24)10-15-11-27-21-17(15)4-2-7-20(21)29-9-8-25/h2-7,10-11,16,26-28H,9,12-13H2,1H3/b14-10+/t16-/m0/s1. The second kappa shape index (κ2) is 10.3. The minimum Gasteiger partial charge on any atom is -0.487 e. The van der Waals surface area contributed by atoms with E-state index in [1.807, 2.05) is 66.1 Å². The fraction of sp³-hybridized carbons (Fsp3) is 0.227. The molecule has 0 fully saturated rings. The molecule has 156 valence electrons. The lowest BCUT2D eigenvalue weighted by atomic mass is 10.1. The normalized spacial score (nSPS) is 12.4. The molecule has 1 aromatic heterocycles. The summed E-state index contributed by atoms with van der Waals surface area (Å²) in [6, 6.07) is 12.3. The summed E-state index contributed by atoms with van der Waals surface area (Å²) in [6.07, 6.45) is 2.99.